The Labute approximate surface area is 157 Å². The average molecular weight is 375 g/mol. The highest BCUT2D eigenvalue weighted by molar-refractivity contribution is 6.33. The molecule has 1 N–H and O–H groups in total. The summed E-state index contributed by atoms with van der Waals surface area (Å²) in [5.41, 5.74) is 1.99. The molecule has 0 radical (unpaired) electrons. The van der Waals surface area contributed by atoms with E-state index in [2.05, 4.69) is 15.3 Å². The molecule has 2 aromatic rings. The number of nitrogens with zero attached hydrogens (tertiary/aromatic N) is 3. The molecule has 7 heteroatoms. The molecule has 0 saturated carbocycles. The van der Waals surface area contributed by atoms with Gasteiger partial charge in [0, 0.05) is 18.8 Å². The van der Waals surface area contributed by atoms with Gasteiger partial charge in [-0.2, -0.15) is 5.10 Å². The summed E-state index contributed by atoms with van der Waals surface area (Å²) in [6, 6.07) is 6.70. The van der Waals surface area contributed by atoms with Gasteiger partial charge in [-0.3, -0.25) is 9.59 Å². The molecule has 1 amide bonds. The van der Waals surface area contributed by atoms with E-state index in [9.17, 15) is 9.59 Å². The summed E-state index contributed by atoms with van der Waals surface area (Å²) >= 11 is 6.31. The van der Waals surface area contributed by atoms with Crippen LogP contribution in [0.3, 0.4) is 0 Å². The molecule has 1 fully saturated rings. The number of carbonyl (C=O) groups excluding carboxylic acids is 1. The van der Waals surface area contributed by atoms with Crippen molar-refractivity contribution in [2.45, 2.75) is 39.2 Å². The monoisotopic (exact) mass is 374 g/mol. The van der Waals surface area contributed by atoms with Crippen LogP contribution in [0.4, 0.5) is 11.4 Å². The van der Waals surface area contributed by atoms with E-state index in [1.807, 2.05) is 31.2 Å². The summed E-state index contributed by atoms with van der Waals surface area (Å²) in [5.74, 6) is -0.315. The van der Waals surface area contributed by atoms with Crippen molar-refractivity contribution in [2.24, 2.45) is 0 Å². The minimum Gasteiger partial charge on any atom is -0.369 e. The maximum Gasteiger partial charge on any atom is 0.288 e. The number of amides is 1. The van der Waals surface area contributed by atoms with Crippen LogP contribution in [0.1, 0.15) is 37.8 Å². The van der Waals surface area contributed by atoms with Gasteiger partial charge in [-0.05, 0) is 45.2 Å². The van der Waals surface area contributed by atoms with E-state index in [1.54, 1.807) is 13.1 Å². The second kappa shape index (κ2) is 7.91. The summed E-state index contributed by atoms with van der Waals surface area (Å²) in [5, 5.41) is 7.13. The Morgan fingerprint density at radius 3 is 2.50 bits per heavy atom. The zero-order valence-corrected chi connectivity index (χ0v) is 15.8. The lowest BCUT2D eigenvalue weighted by molar-refractivity contribution is -0.119. The molecule has 138 valence electrons. The lowest BCUT2D eigenvalue weighted by atomic mass is 10.1. The number of carbonyl (C=O) groups is 1. The fourth-order valence-corrected chi connectivity index (χ4v) is 3.32. The molecule has 0 aliphatic carbocycles. The number of rotatable bonds is 4. The molecule has 0 bridgehead atoms. The quantitative estimate of drug-likeness (QED) is 0.890. The van der Waals surface area contributed by atoms with E-state index in [1.165, 1.54) is 6.42 Å². The molecule has 1 aliphatic rings. The summed E-state index contributed by atoms with van der Waals surface area (Å²) in [6.45, 7) is 5.35. The van der Waals surface area contributed by atoms with E-state index in [-0.39, 0.29) is 10.9 Å². The second-order valence-corrected chi connectivity index (χ2v) is 7.05. The first-order valence-electron chi connectivity index (χ1n) is 8.87. The number of hydrogen-bond donors (Lipinski definition) is 1. The first kappa shape index (κ1) is 18.5. The SMILES string of the molecule is Cc1ccc(NC(=O)C(C)n2ncc(N3CCCCC3)c(Cl)c2=O)cc1. The molecule has 1 saturated heterocycles. The predicted molar refractivity (Wildman–Crippen MR) is 104 cm³/mol. The lowest BCUT2D eigenvalue weighted by Gasteiger charge is -2.29. The smallest absolute Gasteiger partial charge is 0.288 e. The van der Waals surface area contributed by atoms with Crippen molar-refractivity contribution in [1.29, 1.82) is 0 Å². The Kier molecular flexibility index (Phi) is 5.61. The minimum atomic E-state index is -0.767. The highest BCUT2D eigenvalue weighted by atomic mass is 35.5. The third-order valence-electron chi connectivity index (χ3n) is 4.69. The molecule has 6 nitrogen and oxygen atoms in total. The lowest BCUT2D eigenvalue weighted by Crippen LogP contribution is -2.36. The van der Waals surface area contributed by atoms with Gasteiger partial charge in [0.2, 0.25) is 5.91 Å². The molecular formula is C19H23ClN4O2. The van der Waals surface area contributed by atoms with Gasteiger partial charge >= 0.3 is 0 Å². The van der Waals surface area contributed by atoms with Gasteiger partial charge in [0.25, 0.3) is 5.56 Å². The van der Waals surface area contributed by atoms with Crippen molar-refractivity contribution in [3.8, 4) is 0 Å². The maximum atomic E-state index is 12.6. The Morgan fingerprint density at radius 1 is 1.19 bits per heavy atom. The Balaban J connectivity index is 1.79. The summed E-state index contributed by atoms with van der Waals surface area (Å²) in [6.07, 6.45) is 4.93. The molecule has 26 heavy (non-hydrogen) atoms. The van der Waals surface area contributed by atoms with E-state index in [0.29, 0.717) is 11.4 Å². The standard InChI is InChI=1S/C19H23ClN4O2/c1-13-6-8-15(9-7-13)22-18(25)14(2)24-19(26)17(20)16(12-21-24)23-10-4-3-5-11-23/h6-9,12,14H,3-5,10-11H2,1-2H3,(H,22,25). The molecular weight excluding hydrogens is 352 g/mol. The van der Waals surface area contributed by atoms with Crippen molar-refractivity contribution in [1.82, 2.24) is 9.78 Å². The Hall–Kier alpha value is -2.34. The molecule has 1 aliphatic heterocycles. The zero-order chi connectivity index (χ0) is 18.7. The first-order valence-corrected chi connectivity index (χ1v) is 9.25. The van der Waals surface area contributed by atoms with Crippen LogP contribution in [0, 0.1) is 6.92 Å². The van der Waals surface area contributed by atoms with Crippen molar-refractivity contribution >= 4 is 28.9 Å². The molecule has 1 aromatic carbocycles. The third-order valence-corrected chi connectivity index (χ3v) is 5.04. The number of nitrogens with one attached hydrogen (secondary N) is 1. The van der Waals surface area contributed by atoms with E-state index in [0.717, 1.165) is 36.2 Å². The highest BCUT2D eigenvalue weighted by Crippen LogP contribution is 2.25. The number of aryl methyl sites for hydroxylation is 1. The van der Waals surface area contributed by atoms with Gasteiger partial charge in [-0.15, -0.1) is 0 Å². The largest absolute Gasteiger partial charge is 0.369 e. The molecule has 2 heterocycles. The molecule has 0 spiro atoms. The fourth-order valence-electron chi connectivity index (χ4n) is 3.06. The van der Waals surface area contributed by atoms with Crippen LogP contribution in [-0.4, -0.2) is 28.8 Å². The number of benzene rings is 1. The maximum absolute atomic E-state index is 12.6. The molecule has 3 rings (SSSR count). The summed E-state index contributed by atoms with van der Waals surface area (Å²) in [7, 11) is 0. The average Bonchev–Trinajstić information content (AvgIpc) is 2.66. The van der Waals surface area contributed by atoms with Crippen LogP contribution in [0.5, 0.6) is 0 Å². The highest BCUT2D eigenvalue weighted by Gasteiger charge is 2.22. The predicted octanol–water partition coefficient (Wildman–Crippen LogP) is 3.40. The van der Waals surface area contributed by atoms with Crippen LogP contribution in [-0.2, 0) is 4.79 Å². The minimum absolute atomic E-state index is 0.122. The molecule has 1 aromatic heterocycles. The Morgan fingerprint density at radius 2 is 1.85 bits per heavy atom. The number of halogens is 1. The summed E-state index contributed by atoms with van der Waals surface area (Å²) < 4.78 is 1.14. The first-order chi connectivity index (χ1) is 12.5. The number of anilines is 2. The van der Waals surface area contributed by atoms with Crippen LogP contribution < -0.4 is 15.8 Å². The fraction of sp³-hybridized carbons (Fsp3) is 0.421. The topological polar surface area (TPSA) is 67.2 Å². The van der Waals surface area contributed by atoms with Crippen LogP contribution >= 0.6 is 11.6 Å². The van der Waals surface area contributed by atoms with Gasteiger partial charge in [-0.25, -0.2) is 4.68 Å². The van der Waals surface area contributed by atoms with Gasteiger partial charge < -0.3 is 10.2 Å². The van der Waals surface area contributed by atoms with E-state index < -0.39 is 11.6 Å². The van der Waals surface area contributed by atoms with Crippen molar-refractivity contribution in [3.63, 3.8) is 0 Å². The van der Waals surface area contributed by atoms with Crippen LogP contribution in [0.2, 0.25) is 5.02 Å². The number of piperidine rings is 1. The normalized spacial score (nSPS) is 15.6. The summed E-state index contributed by atoms with van der Waals surface area (Å²) in [4.78, 5) is 27.2. The van der Waals surface area contributed by atoms with Crippen LogP contribution in [0.15, 0.2) is 35.3 Å². The van der Waals surface area contributed by atoms with Crippen molar-refractivity contribution in [2.75, 3.05) is 23.3 Å². The third kappa shape index (κ3) is 3.90. The Bertz CT molecular complexity index is 842. The van der Waals surface area contributed by atoms with Gasteiger partial charge in [-0.1, -0.05) is 29.3 Å². The van der Waals surface area contributed by atoms with E-state index >= 15 is 0 Å². The zero-order valence-electron chi connectivity index (χ0n) is 15.0. The molecule has 1 atom stereocenters. The second-order valence-electron chi connectivity index (χ2n) is 6.67. The van der Waals surface area contributed by atoms with Gasteiger partial charge in [0.05, 0.1) is 11.9 Å². The molecule has 1 unspecified atom stereocenters. The van der Waals surface area contributed by atoms with Gasteiger partial charge in [0.15, 0.2) is 0 Å². The van der Waals surface area contributed by atoms with Crippen LogP contribution in [0.25, 0.3) is 0 Å². The van der Waals surface area contributed by atoms with Crippen molar-refractivity contribution < 1.29 is 4.79 Å². The van der Waals surface area contributed by atoms with Gasteiger partial charge in [0.1, 0.15) is 11.1 Å². The number of hydrogen-bond acceptors (Lipinski definition) is 4. The number of aromatic nitrogens is 2. The van der Waals surface area contributed by atoms with E-state index in [4.69, 9.17) is 11.6 Å². The van der Waals surface area contributed by atoms with Crippen molar-refractivity contribution in [3.05, 3.63) is 51.4 Å².